The van der Waals surface area contributed by atoms with Crippen molar-refractivity contribution in [3.63, 3.8) is 0 Å². The quantitative estimate of drug-likeness (QED) is 0.134. The highest BCUT2D eigenvalue weighted by atomic mass is 35.5. The van der Waals surface area contributed by atoms with Crippen LogP contribution in [0.1, 0.15) is 34.3 Å². The number of hydrogen-bond donors (Lipinski definition) is 4. The third-order valence-corrected chi connectivity index (χ3v) is 6.42. The zero-order valence-corrected chi connectivity index (χ0v) is 23.6. The van der Waals surface area contributed by atoms with Crippen molar-refractivity contribution in [1.29, 1.82) is 0 Å². The number of carbonyl (C=O) groups excluding carboxylic acids is 3. The number of anilines is 1. The van der Waals surface area contributed by atoms with Gasteiger partial charge in [0.25, 0.3) is 5.91 Å². The van der Waals surface area contributed by atoms with Crippen molar-refractivity contribution in [1.82, 2.24) is 30.8 Å². The van der Waals surface area contributed by atoms with E-state index in [1.165, 1.54) is 17.1 Å². The summed E-state index contributed by atoms with van der Waals surface area (Å²) in [6.07, 6.45) is 4.79. The number of tetrazole rings is 1. The normalized spacial score (nSPS) is 11.6. The SMILES string of the molecule is O=C(O)CCCNC(=O)c1ccc(NC(=O)[C@H](Cc2ccccc2)NC(=O)C=Cc2cc(Cl)ccc2-n2cnnn2)cc1. The number of rotatable bonds is 13. The Balaban J connectivity index is 1.43. The predicted molar refractivity (Wildman–Crippen MR) is 160 cm³/mol. The van der Waals surface area contributed by atoms with Gasteiger partial charge in [0.2, 0.25) is 11.8 Å². The summed E-state index contributed by atoms with van der Waals surface area (Å²) in [5.41, 5.74) is 2.83. The first-order valence-electron chi connectivity index (χ1n) is 13.2. The van der Waals surface area contributed by atoms with E-state index in [0.717, 1.165) is 5.56 Å². The lowest BCUT2D eigenvalue weighted by Gasteiger charge is -2.18. The smallest absolute Gasteiger partial charge is 0.303 e. The van der Waals surface area contributed by atoms with Gasteiger partial charge in [0, 0.05) is 47.3 Å². The van der Waals surface area contributed by atoms with Gasteiger partial charge in [0.1, 0.15) is 12.4 Å². The number of aromatic nitrogens is 4. The number of nitrogens with zero attached hydrogens (tertiary/aromatic N) is 4. The molecule has 4 rings (SSSR count). The highest BCUT2D eigenvalue weighted by Gasteiger charge is 2.21. The molecule has 0 spiro atoms. The van der Waals surface area contributed by atoms with Gasteiger partial charge in [-0.25, -0.2) is 0 Å². The van der Waals surface area contributed by atoms with Crippen LogP contribution in [0.25, 0.3) is 11.8 Å². The minimum absolute atomic E-state index is 0.0376. The van der Waals surface area contributed by atoms with Crippen molar-refractivity contribution in [2.75, 3.05) is 11.9 Å². The van der Waals surface area contributed by atoms with Crippen molar-refractivity contribution in [2.45, 2.75) is 25.3 Å². The highest BCUT2D eigenvalue weighted by molar-refractivity contribution is 6.30. The summed E-state index contributed by atoms with van der Waals surface area (Å²) in [6, 6.07) is 19.6. The lowest BCUT2D eigenvalue weighted by atomic mass is 10.0. The number of carboxylic acids is 1. The van der Waals surface area contributed by atoms with E-state index in [-0.39, 0.29) is 25.3 Å². The van der Waals surface area contributed by atoms with Crippen LogP contribution >= 0.6 is 11.6 Å². The van der Waals surface area contributed by atoms with Crippen molar-refractivity contribution in [3.8, 4) is 5.69 Å². The molecule has 1 atom stereocenters. The summed E-state index contributed by atoms with van der Waals surface area (Å²) in [5.74, 6) is -2.24. The molecule has 0 bridgehead atoms. The van der Waals surface area contributed by atoms with Gasteiger partial charge in [-0.05, 0) is 71.0 Å². The second-order valence-electron chi connectivity index (χ2n) is 9.36. The molecule has 43 heavy (non-hydrogen) atoms. The van der Waals surface area contributed by atoms with Crippen LogP contribution in [0.2, 0.25) is 5.02 Å². The van der Waals surface area contributed by atoms with E-state index in [1.54, 1.807) is 48.5 Å². The molecule has 0 aliphatic heterocycles. The largest absolute Gasteiger partial charge is 0.481 e. The number of hydrogen-bond acceptors (Lipinski definition) is 7. The average molecular weight is 602 g/mol. The van der Waals surface area contributed by atoms with Gasteiger partial charge in [-0.2, -0.15) is 4.68 Å². The molecule has 4 aromatic rings. The van der Waals surface area contributed by atoms with Crippen molar-refractivity contribution < 1.29 is 24.3 Å². The summed E-state index contributed by atoms with van der Waals surface area (Å²) < 4.78 is 1.44. The topological polar surface area (TPSA) is 168 Å². The minimum Gasteiger partial charge on any atom is -0.481 e. The molecule has 0 aliphatic carbocycles. The highest BCUT2D eigenvalue weighted by Crippen LogP contribution is 2.20. The molecule has 220 valence electrons. The number of carboxylic acid groups (broad SMARTS) is 1. The molecule has 0 aliphatic rings. The van der Waals surface area contributed by atoms with E-state index in [2.05, 4.69) is 31.5 Å². The second-order valence-corrected chi connectivity index (χ2v) is 9.80. The first-order valence-corrected chi connectivity index (χ1v) is 13.6. The van der Waals surface area contributed by atoms with Crippen LogP contribution in [0, 0.1) is 0 Å². The first-order chi connectivity index (χ1) is 20.8. The Morgan fingerprint density at radius 2 is 1.77 bits per heavy atom. The minimum atomic E-state index is -0.928. The third kappa shape index (κ3) is 9.33. The van der Waals surface area contributed by atoms with Gasteiger partial charge in [-0.1, -0.05) is 41.9 Å². The fourth-order valence-electron chi connectivity index (χ4n) is 4.06. The molecule has 4 N–H and O–H groups in total. The summed E-state index contributed by atoms with van der Waals surface area (Å²) in [6.45, 7) is 0.231. The van der Waals surface area contributed by atoms with E-state index >= 15 is 0 Å². The van der Waals surface area contributed by atoms with E-state index < -0.39 is 23.8 Å². The molecule has 0 radical (unpaired) electrons. The molecule has 0 saturated heterocycles. The number of amides is 3. The standard InChI is InChI=1S/C30H28ClN7O5/c31-23-11-14-26(38-19-33-36-37-38)22(18-23)10-15-27(39)35-25(17-20-5-2-1-3-6-20)30(43)34-24-12-8-21(9-13-24)29(42)32-16-4-7-28(40)41/h1-3,5-6,8-15,18-19,25H,4,7,16-17H2,(H,32,42)(H,34,43)(H,35,39)(H,40,41)/t25-/m0/s1. The zero-order valence-electron chi connectivity index (χ0n) is 22.8. The van der Waals surface area contributed by atoms with Gasteiger partial charge >= 0.3 is 5.97 Å². The Morgan fingerprint density at radius 3 is 2.47 bits per heavy atom. The maximum atomic E-state index is 13.3. The molecule has 0 unspecified atom stereocenters. The molecule has 0 saturated carbocycles. The van der Waals surface area contributed by atoms with Crippen LogP contribution in [-0.2, 0) is 20.8 Å². The summed E-state index contributed by atoms with van der Waals surface area (Å²) in [4.78, 5) is 49.2. The summed E-state index contributed by atoms with van der Waals surface area (Å²) in [5, 5.41) is 28.5. The first kappa shape index (κ1) is 30.6. The van der Waals surface area contributed by atoms with Crippen LogP contribution in [0.3, 0.4) is 0 Å². The third-order valence-electron chi connectivity index (χ3n) is 6.18. The number of aliphatic carboxylic acids is 1. The van der Waals surface area contributed by atoms with Crippen LogP contribution in [0.4, 0.5) is 5.69 Å². The second kappa shape index (κ2) is 15.0. The van der Waals surface area contributed by atoms with Crippen molar-refractivity contribution in [3.05, 3.63) is 107 Å². The number of halogens is 1. The van der Waals surface area contributed by atoms with E-state index in [1.807, 2.05) is 30.3 Å². The molecular weight excluding hydrogens is 574 g/mol. The van der Waals surface area contributed by atoms with Gasteiger partial charge in [0.15, 0.2) is 0 Å². The monoisotopic (exact) mass is 601 g/mol. The average Bonchev–Trinajstić information content (AvgIpc) is 3.53. The Hall–Kier alpha value is -5.36. The Bertz CT molecular complexity index is 1590. The summed E-state index contributed by atoms with van der Waals surface area (Å²) >= 11 is 6.16. The fraction of sp³-hybridized carbons (Fsp3) is 0.167. The van der Waals surface area contributed by atoms with Gasteiger partial charge in [-0.3, -0.25) is 19.2 Å². The van der Waals surface area contributed by atoms with E-state index in [0.29, 0.717) is 33.9 Å². The Morgan fingerprint density at radius 1 is 1.00 bits per heavy atom. The van der Waals surface area contributed by atoms with Gasteiger partial charge < -0.3 is 21.1 Å². The van der Waals surface area contributed by atoms with Crippen molar-refractivity contribution >= 4 is 47.1 Å². The Labute approximate surface area is 251 Å². The fourth-order valence-corrected chi connectivity index (χ4v) is 4.24. The number of carbonyl (C=O) groups is 4. The van der Waals surface area contributed by atoms with Crippen LogP contribution < -0.4 is 16.0 Å². The molecular formula is C30H28ClN7O5. The van der Waals surface area contributed by atoms with E-state index in [4.69, 9.17) is 16.7 Å². The maximum absolute atomic E-state index is 13.3. The lowest BCUT2D eigenvalue weighted by Crippen LogP contribution is -2.44. The van der Waals surface area contributed by atoms with Crippen LogP contribution in [-0.4, -0.2) is 61.6 Å². The number of nitrogens with one attached hydrogen (secondary N) is 3. The van der Waals surface area contributed by atoms with Crippen LogP contribution in [0.5, 0.6) is 0 Å². The molecule has 1 aromatic heterocycles. The lowest BCUT2D eigenvalue weighted by molar-refractivity contribution is -0.137. The maximum Gasteiger partial charge on any atom is 0.303 e. The zero-order chi connectivity index (χ0) is 30.6. The number of benzene rings is 3. The van der Waals surface area contributed by atoms with E-state index in [9.17, 15) is 19.2 Å². The van der Waals surface area contributed by atoms with Gasteiger partial charge in [0.05, 0.1) is 5.69 Å². The Kier molecular flexibility index (Phi) is 10.7. The van der Waals surface area contributed by atoms with Crippen molar-refractivity contribution in [2.24, 2.45) is 0 Å². The molecule has 1 heterocycles. The molecule has 13 heteroatoms. The molecule has 0 fully saturated rings. The summed E-state index contributed by atoms with van der Waals surface area (Å²) in [7, 11) is 0. The molecule has 3 aromatic carbocycles. The van der Waals surface area contributed by atoms with Crippen LogP contribution in [0.15, 0.2) is 85.2 Å². The molecule has 3 amide bonds. The predicted octanol–water partition coefficient (Wildman–Crippen LogP) is 3.29. The van der Waals surface area contributed by atoms with Gasteiger partial charge in [-0.15, -0.1) is 5.10 Å². The molecule has 12 nitrogen and oxygen atoms in total.